The number of aliphatic hydroxyl groups is 1. The Labute approximate surface area is 152 Å². The van der Waals surface area contributed by atoms with E-state index in [0.29, 0.717) is 21.8 Å². The highest BCUT2D eigenvalue weighted by Crippen LogP contribution is 2.43. The van der Waals surface area contributed by atoms with E-state index >= 15 is 0 Å². The number of benzene rings is 2. The second kappa shape index (κ2) is 6.62. The van der Waals surface area contributed by atoms with Gasteiger partial charge in [0.15, 0.2) is 11.4 Å². The highest BCUT2D eigenvalue weighted by molar-refractivity contribution is 6.31. The van der Waals surface area contributed by atoms with E-state index in [4.69, 9.17) is 11.6 Å². The summed E-state index contributed by atoms with van der Waals surface area (Å²) in [6, 6.07) is 12.2. The Morgan fingerprint density at radius 2 is 1.88 bits per heavy atom. The Morgan fingerprint density at radius 1 is 1.20 bits per heavy atom. The highest BCUT2D eigenvalue weighted by Gasteiger charge is 2.49. The average Bonchev–Trinajstić information content (AvgIpc) is 2.77. The number of aryl methyl sites for hydroxylation is 1. The number of likely N-dealkylation sites (N-methyl/N-ethyl adjacent to an activating group) is 1. The van der Waals surface area contributed by atoms with Crippen LogP contribution in [0.15, 0.2) is 42.5 Å². The molecule has 1 heterocycles. The number of ketones is 1. The molecule has 0 saturated carbocycles. The summed E-state index contributed by atoms with van der Waals surface area (Å²) in [7, 11) is 1.58. The van der Waals surface area contributed by atoms with E-state index < -0.39 is 11.5 Å². The predicted octanol–water partition coefficient (Wildman–Crippen LogP) is 3.73. The zero-order valence-electron chi connectivity index (χ0n) is 14.3. The van der Waals surface area contributed by atoms with Crippen LogP contribution in [-0.4, -0.2) is 23.8 Å². The summed E-state index contributed by atoms with van der Waals surface area (Å²) >= 11 is 6.02. The second-order valence-corrected chi connectivity index (χ2v) is 6.87. The average molecular weight is 358 g/mol. The number of hydrogen-bond donors (Lipinski definition) is 1. The molecule has 3 rings (SSSR count). The van der Waals surface area contributed by atoms with Gasteiger partial charge in [-0.1, -0.05) is 49.2 Å². The number of carbonyl (C=O) groups excluding carboxylic acids is 2. The van der Waals surface area contributed by atoms with Crippen LogP contribution in [0.2, 0.25) is 5.02 Å². The number of amides is 1. The number of carbonyl (C=O) groups is 2. The maximum Gasteiger partial charge on any atom is 0.263 e. The lowest BCUT2D eigenvalue weighted by molar-refractivity contribution is -0.135. The number of halogens is 1. The van der Waals surface area contributed by atoms with Crippen molar-refractivity contribution in [2.45, 2.75) is 31.8 Å². The summed E-state index contributed by atoms with van der Waals surface area (Å²) in [6.07, 6.45) is 1.68. The van der Waals surface area contributed by atoms with Gasteiger partial charge >= 0.3 is 0 Å². The van der Waals surface area contributed by atoms with Crippen molar-refractivity contribution >= 4 is 29.0 Å². The van der Waals surface area contributed by atoms with Gasteiger partial charge in [0.2, 0.25) is 0 Å². The molecule has 1 unspecified atom stereocenters. The van der Waals surface area contributed by atoms with Gasteiger partial charge in [-0.25, -0.2) is 0 Å². The molecule has 0 spiro atoms. The number of Topliss-reactive ketones (excluding diaryl/α,β-unsaturated/α-hetero) is 1. The fourth-order valence-corrected chi connectivity index (χ4v) is 3.46. The topological polar surface area (TPSA) is 57.6 Å². The molecule has 0 aromatic heterocycles. The van der Waals surface area contributed by atoms with Crippen LogP contribution in [0.1, 0.15) is 41.3 Å². The fourth-order valence-electron chi connectivity index (χ4n) is 3.29. The molecule has 1 aliphatic rings. The highest BCUT2D eigenvalue weighted by atomic mass is 35.5. The molecule has 25 heavy (non-hydrogen) atoms. The SMILES string of the molecule is CCCc1ccc(C(=O)CC2(O)C(=O)N(C)c3ccc(Cl)cc32)cc1. The molecule has 0 aliphatic carbocycles. The van der Waals surface area contributed by atoms with E-state index in [0.717, 1.165) is 18.4 Å². The molecular formula is C20H20ClNO3. The molecule has 5 heteroatoms. The Morgan fingerprint density at radius 3 is 2.52 bits per heavy atom. The number of hydrogen-bond acceptors (Lipinski definition) is 3. The van der Waals surface area contributed by atoms with Crippen molar-refractivity contribution in [3.8, 4) is 0 Å². The normalized spacial score (nSPS) is 19.2. The number of nitrogens with zero attached hydrogens (tertiary/aromatic N) is 1. The maximum absolute atomic E-state index is 12.7. The Bertz CT molecular complexity index is 831. The minimum absolute atomic E-state index is 0.278. The largest absolute Gasteiger partial charge is 0.375 e. The van der Waals surface area contributed by atoms with Crippen LogP contribution < -0.4 is 4.90 Å². The molecule has 1 atom stereocenters. The van der Waals surface area contributed by atoms with Crippen molar-refractivity contribution in [2.24, 2.45) is 0 Å². The summed E-state index contributed by atoms with van der Waals surface area (Å²) in [5.41, 5.74) is 0.714. The summed E-state index contributed by atoms with van der Waals surface area (Å²) < 4.78 is 0. The van der Waals surface area contributed by atoms with Crippen LogP contribution in [0, 0.1) is 0 Å². The summed E-state index contributed by atoms with van der Waals surface area (Å²) in [5.74, 6) is -0.791. The third-order valence-electron chi connectivity index (χ3n) is 4.65. The van der Waals surface area contributed by atoms with Crippen LogP contribution in [0.25, 0.3) is 0 Å². The van der Waals surface area contributed by atoms with Crippen LogP contribution in [-0.2, 0) is 16.8 Å². The molecule has 0 saturated heterocycles. The zero-order chi connectivity index (χ0) is 18.2. The third-order valence-corrected chi connectivity index (χ3v) is 4.89. The van der Waals surface area contributed by atoms with Gasteiger partial charge in [-0.3, -0.25) is 9.59 Å². The second-order valence-electron chi connectivity index (χ2n) is 6.43. The number of fused-ring (bicyclic) bond motifs is 1. The van der Waals surface area contributed by atoms with Crippen molar-refractivity contribution in [1.82, 2.24) is 0 Å². The van der Waals surface area contributed by atoms with Crippen LogP contribution in [0.3, 0.4) is 0 Å². The van der Waals surface area contributed by atoms with Gasteiger partial charge < -0.3 is 10.0 Å². The van der Waals surface area contributed by atoms with Gasteiger partial charge in [0.05, 0.1) is 12.1 Å². The summed E-state index contributed by atoms with van der Waals surface area (Å²) in [6.45, 7) is 2.10. The quantitative estimate of drug-likeness (QED) is 0.829. The summed E-state index contributed by atoms with van der Waals surface area (Å²) in [5, 5.41) is 11.4. The molecule has 1 N–H and O–H groups in total. The standard InChI is InChI=1S/C20H20ClNO3/c1-3-4-13-5-7-14(8-6-13)18(23)12-20(25)16-11-15(21)9-10-17(16)22(2)19(20)24/h5-11,25H,3-4,12H2,1-2H3. The van der Waals surface area contributed by atoms with E-state index in [-0.39, 0.29) is 12.2 Å². The molecule has 2 aromatic rings. The lowest BCUT2D eigenvalue weighted by Crippen LogP contribution is -2.40. The molecule has 2 aromatic carbocycles. The third kappa shape index (κ3) is 3.08. The van der Waals surface area contributed by atoms with Crippen LogP contribution in [0.5, 0.6) is 0 Å². The van der Waals surface area contributed by atoms with Crippen molar-refractivity contribution in [2.75, 3.05) is 11.9 Å². The van der Waals surface area contributed by atoms with E-state index in [9.17, 15) is 14.7 Å². The van der Waals surface area contributed by atoms with Gasteiger partial charge in [0.25, 0.3) is 5.91 Å². The molecule has 4 nitrogen and oxygen atoms in total. The summed E-state index contributed by atoms with van der Waals surface area (Å²) in [4.78, 5) is 26.6. The monoisotopic (exact) mass is 357 g/mol. The first kappa shape index (κ1) is 17.6. The number of anilines is 1. The number of rotatable bonds is 5. The molecule has 0 radical (unpaired) electrons. The van der Waals surface area contributed by atoms with E-state index in [2.05, 4.69) is 6.92 Å². The van der Waals surface area contributed by atoms with E-state index in [1.165, 1.54) is 4.90 Å². The van der Waals surface area contributed by atoms with Gasteiger partial charge in [-0.05, 0) is 30.2 Å². The Hall–Kier alpha value is -2.17. The van der Waals surface area contributed by atoms with E-state index in [1.54, 1.807) is 37.4 Å². The molecular weight excluding hydrogens is 338 g/mol. The molecule has 0 bridgehead atoms. The van der Waals surface area contributed by atoms with Crippen LogP contribution in [0.4, 0.5) is 5.69 Å². The lowest BCUT2D eigenvalue weighted by Gasteiger charge is -2.21. The van der Waals surface area contributed by atoms with Gasteiger partial charge in [-0.15, -0.1) is 0 Å². The van der Waals surface area contributed by atoms with Gasteiger partial charge in [0, 0.05) is 23.2 Å². The van der Waals surface area contributed by atoms with E-state index in [1.807, 2.05) is 12.1 Å². The zero-order valence-corrected chi connectivity index (χ0v) is 15.0. The first-order valence-electron chi connectivity index (χ1n) is 8.29. The van der Waals surface area contributed by atoms with Crippen molar-refractivity contribution in [3.05, 3.63) is 64.2 Å². The van der Waals surface area contributed by atoms with Crippen molar-refractivity contribution < 1.29 is 14.7 Å². The van der Waals surface area contributed by atoms with Crippen LogP contribution >= 0.6 is 11.6 Å². The van der Waals surface area contributed by atoms with Gasteiger partial charge in [-0.2, -0.15) is 0 Å². The fraction of sp³-hybridized carbons (Fsp3) is 0.300. The first-order chi connectivity index (χ1) is 11.9. The maximum atomic E-state index is 12.7. The molecule has 130 valence electrons. The molecule has 1 amide bonds. The minimum Gasteiger partial charge on any atom is -0.375 e. The lowest BCUT2D eigenvalue weighted by atomic mass is 9.88. The molecule has 0 fully saturated rings. The van der Waals surface area contributed by atoms with Crippen molar-refractivity contribution in [3.63, 3.8) is 0 Å². The molecule has 1 aliphatic heterocycles. The Balaban J connectivity index is 1.90. The van der Waals surface area contributed by atoms with Gasteiger partial charge in [0.1, 0.15) is 0 Å². The predicted molar refractivity (Wildman–Crippen MR) is 98.1 cm³/mol. The van der Waals surface area contributed by atoms with Crippen molar-refractivity contribution in [1.29, 1.82) is 0 Å². The smallest absolute Gasteiger partial charge is 0.263 e. The first-order valence-corrected chi connectivity index (χ1v) is 8.67. The minimum atomic E-state index is -1.88. The Kier molecular flexibility index (Phi) is 4.67.